The Hall–Kier alpha value is 0.140. The smallest absolute Gasteiger partial charge is 0.0701 e. The van der Waals surface area contributed by atoms with Crippen molar-refractivity contribution < 1.29 is 0 Å². The highest BCUT2D eigenvalue weighted by atomic mass is 79.9. The standard InChI is InChI=1S/C12H20BrNS/c1-9(10-5-6-11(13)15-10)14-8-7-12(2,3)4/h5-6,9,14H,7-8H2,1-4H3. The van der Waals surface area contributed by atoms with E-state index in [1.54, 1.807) is 0 Å². The molecule has 1 atom stereocenters. The minimum absolute atomic E-state index is 0.419. The van der Waals surface area contributed by atoms with Gasteiger partial charge in [0.15, 0.2) is 0 Å². The molecule has 0 spiro atoms. The molecule has 3 heteroatoms. The second-order valence-electron chi connectivity index (χ2n) is 5.13. The quantitative estimate of drug-likeness (QED) is 0.854. The van der Waals surface area contributed by atoms with E-state index in [0.29, 0.717) is 11.5 Å². The molecule has 0 radical (unpaired) electrons. The van der Waals surface area contributed by atoms with Gasteiger partial charge in [-0.15, -0.1) is 11.3 Å². The highest BCUT2D eigenvalue weighted by molar-refractivity contribution is 9.11. The zero-order chi connectivity index (χ0) is 11.5. The summed E-state index contributed by atoms with van der Waals surface area (Å²) >= 11 is 5.30. The molecule has 1 aromatic heterocycles. The maximum Gasteiger partial charge on any atom is 0.0701 e. The third-order valence-electron chi connectivity index (χ3n) is 2.35. The fourth-order valence-electron chi connectivity index (χ4n) is 1.33. The van der Waals surface area contributed by atoms with E-state index in [1.165, 1.54) is 15.1 Å². The molecule has 0 aliphatic heterocycles. The second kappa shape index (κ2) is 5.46. The summed E-state index contributed by atoms with van der Waals surface area (Å²) in [4.78, 5) is 1.40. The van der Waals surface area contributed by atoms with Crippen LogP contribution in [0.5, 0.6) is 0 Å². The first-order chi connectivity index (χ1) is 6.88. The molecule has 1 N–H and O–H groups in total. The van der Waals surface area contributed by atoms with E-state index in [-0.39, 0.29) is 0 Å². The summed E-state index contributed by atoms with van der Waals surface area (Å²) in [6.45, 7) is 10.1. The van der Waals surface area contributed by atoms with E-state index in [4.69, 9.17) is 0 Å². The van der Waals surface area contributed by atoms with Crippen LogP contribution >= 0.6 is 27.3 Å². The number of hydrogen-bond donors (Lipinski definition) is 1. The van der Waals surface area contributed by atoms with E-state index >= 15 is 0 Å². The SMILES string of the molecule is CC(NCCC(C)(C)C)c1ccc(Br)s1. The van der Waals surface area contributed by atoms with Gasteiger partial charge in [-0.3, -0.25) is 0 Å². The van der Waals surface area contributed by atoms with Crippen LogP contribution in [0.2, 0.25) is 0 Å². The molecule has 86 valence electrons. The van der Waals surface area contributed by atoms with Crippen molar-refractivity contribution in [1.82, 2.24) is 5.32 Å². The molecule has 1 nitrogen and oxygen atoms in total. The summed E-state index contributed by atoms with van der Waals surface area (Å²) in [5.74, 6) is 0. The van der Waals surface area contributed by atoms with Gasteiger partial charge < -0.3 is 5.32 Å². The van der Waals surface area contributed by atoms with Gasteiger partial charge in [0, 0.05) is 10.9 Å². The van der Waals surface area contributed by atoms with Gasteiger partial charge in [-0.1, -0.05) is 20.8 Å². The minimum atomic E-state index is 0.419. The van der Waals surface area contributed by atoms with Gasteiger partial charge >= 0.3 is 0 Å². The third kappa shape index (κ3) is 5.14. The molecular weight excluding hydrogens is 270 g/mol. The Kier molecular flexibility index (Phi) is 4.81. The monoisotopic (exact) mass is 289 g/mol. The van der Waals surface area contributed by atoms with Gasteiger partial charge in [-0.05, 0) is 53.4 Å². The molecule has 1 heterocycles. The minimum Gasteiger partial charge on any atom is -0.309 e. The third-order valence-corrected chi connectivity index (χ3v) is 4.15. The van der Waals surface area contributed by atoms with Crippen molar-refractivity contribution in [3.05, 3.63) is 20.8 Å². The molecule has 0 fully saturated rings. The van der Waals surface area contributed by atoms with Crippen molar-refractivity contribution in [2.45, 2.75) is 40.2 Å². The van der Waals surface area contributed by atoms with Crippen LogP contribution < -0.4 is 5.32 Å². The zero-order valence-electron chi connectivity index (χ0n) is 9.93. The van der Waals surface area contributed by atoms with Crippen LogP contribution in [-0.2, 0) is 0 Å². The molecule has 0 aromatic carbocycles. The summed E-state index contributed by atoms with van der Waals surface area (Å²) < 4.78 is 1.21. The Labute approximate surface area is 105 Å². The van der Waals surface area contributed by atoms with Crippen molar-refractivity contribution in [1.29, 1.82) is 0 Å². The number of nitrogens with one attached hydrogen (secondary N) is 1. The normalized spacial score (nSPS) is 14.2. The van der Waals surface area contributed by atoms with Crippen LogP contribution in [0.1, 0.15) is 45.0 Å². The van der Waals surface area contributed by atoms with Crippen molar-refractivity contribution in [2.75, 3.05) is 6.54 Å². The highest BCUT2D eigenvalue weighted by Crippen LogP contribution is 2.27. The predicted octanol–water partition coefficient (Wildman–Crippen LogP) is 4.60. The summed E-state index contributed by atoms with van der Waals surface area (Å²) in [7, 11) is 0. The lowest BCUT2D eigenvalue weighted by molar-refractivity contribution is 0.358. The van der Waals surface area contributed by atoms with E-state index in [0.717, 1.165) is 6.54 Å². The zero-order valence-corrected chi connectivity index (χ0v) is 12.3. The fraction of sp³-hybridized carbons (Fsp3) is 0.667. The Morgan fingerprint density at radius 1 is 1.40 bits per heavy atom. The Morgan fingerprint density at radius 2 is 2.07 bits per heavy atom. The number of hydrogen-bond acceptors (Lipinski definition) is 2. The van der Waals surface area contributed by atoms with Crippen LogP contribution in [0.15, 0.2) is 15.9 Å². The first kappa shape index (κ1) is 13.2. The maximum atomic E-state index is 3.56. The lowest BCUT2D eigenvalue weighted by Crippen LogP contribution is -2.23. The first-order valence-corrected chi connectivity index (χ1v) is 6.98. The number of halogens is 1. The summed E-state index contributed by atoms with van der Waals surface area (Å²) in [5.41, 5.74) is 0.419. The van der Waals surface area contributed by atoms with E-state index in [1.807, 2.05) is 11.3 Å². The molecule has 0 aliphatic rings. The molecular formula is C12H20BrNS. The van der Waals surface area contributed by atoms with Gasteiger partial charge in [-0.2, -0.15) is 0 Å². The summed E-state index contributed by atoms with van der Waals surface area (Å²) in [5, 5.41) is 3.56. The van der Waals surface area contributed by atoms with Crippen molar-refractivity contribution >= 4 is 27.3 Å². The fourth-order valence-corrected chi connectivity index (χ4v) is 2.78. The molecule has 0 aliphatic carbocycles. The van der Waals surface area contributed by atoms with Crippen molar-refractivity contribution in [3.63, 3.8) is 0 Å². The van der Waals surface area contributed by atoms with E-state index in [2.05, 4.69) is 61.1 Å². The molecule has 1 aromatic rings. The Balaban J connectivity index is 2.34. The van der Waals surface area contributed by atoms with Crippen LogP contribution in [0.3, 0.4) is 0 Å². The largest absolute Gasteiger partial charge is 0.309 e. The predicted molar refractivity (Wildman–Crippen MR) is 72.5 cm³/mol. The molecule has 0 saturated heterocycles. The molecule has 0 amide bonds. The van der Waals surface area contributed by atoms with Gasteiger partial charge in [0.2, 0.25) is 0 Å². The van der Waals surface area contributed by atoms with Gasteiger partial charge in [0.25, 0.3) is 0 Å². The molecule has 1 unspecified atom stereocenters. The van der Waals surface area contributed by atoms with Gasteiger partial charge in [-0.25, -0.2) is 0 Å². The molecule has 0 saturated carbocycles. The number of thiophene rings is 1. The molecule has 0 bridgehead atoms. The van der Waals surface area contributed by atoms with E-state index < -0.39 is 0 Å². The Bertz CT molecular complexity index is 301. The van der Waals surface area contributed by atoms with Crippen LogP contribution in [0.25, 0.3) is 0 Å². The van der Waals surface area contributed by atoms with Crippen LogP contribution in [-0.4, -0.2) is 6.54 Å². The van der Waals surface area contributed by atoms with Gasteiger partial charge in [0.05, 0.1) is 3.79 Å². The van der Waals surface area contributed by atoms with Crippen molar-refractivity contribution in [3.8, 4) is 0 Å². The topological polar surface area (TPSA) is 12.0 Å². The summed E-state index contributed by atoms with van der Waals surface area (Å²) in [6, 6.07) is 4.76. The number of rotatable bonds is 4. The summed E-state index contributed by atoms with van der Waals surface area (Å²) in [6.07, 6.45) is 1.21. The maximum absolute atomic E-state index is 3.56. The second-order valence-corrected chi connectivity index (χ2v) is 7.62. The van der Waals surface area contributed by atoms with Crippen LogP contribution in [0.4, 0.5) is 0 Å². The highest BCUT2D eigenvalue weighted by Gasteiger charge is 2.11. The average molecular weight is 290 g/mol. The van der Waals surface area contributed by atoms with Gasteiger partial charge in [0.1, 0.15) is 0 Å². The first-order valence-electron chi connectivity index (χ1n) is 5.37. The average Bonchev–Trinajstić information content (AvgIpc) is 2.49. The van der Waals surface area contributed by atoms with Crippen molar-refractivity contribution in [2.24, 2.45) is 5.41 Å². The lowest BCUT2D eigenvalue weighted by Gasteiger charge is -2.20. The molecule has 1 rings (SSSR count). The Morgan fingerprint density at radius 3 is 2.53 bits per heavy atom. The van der Waals surface area contributed by atoms with E-state index in [9.17, 15) is 0 Å². The lowest BCUT2D eigenvalue weighted by atomic mass is 9.92. The molecule has 15 heavy (non-hydrogen) atoms. The van der Waals surface area contributed by atoms with Crippen LogP contribution in [0, 0.1) is 5.41 Å².